The fourth-order valence-corrected chi connectivity index (χ4v) is 0.992. The van der Waals surface area contributed by atoms with Gasteiger partial charge in [0.25, 0.3) is 0 Å². The molecule has 2 N–H and O–H groups in total. The van der Waals surface area contributed by atoms with E-state index in [0.29, 0.717) is 0 Å². The van der Waals surface area contributed by atoms with Crippen molar-refractivity contribution in [2.45, 2.75) is 0 Å². The highest BCUT2D eigenvalue weighted by molar-refractivity contribution is 5.54. The van der Waals surface area contributed by atoms with Crippen molar-refractivity contribution in [3.8, 4) is 11.4 Å². The van der Waals surface area contributed by atoms with E-state index in [-0.39, 0.29) is 17.3 Å². The number of aromatic nitrogens is 4. The third-order valence-corrected chi connectivity index (χ3v) is 1.59. The van der Waals surface area contributed by atoms with E-state index in [9.17, 15) is 4.39 Å². The van der Waals surface area contributed by atoms with Crippen LogP contribution in [0.4, 0.5) is 10.3 Å². The second-order valence-electron chi connectivity index (χ2n) is 2.51. The SMILES string of the molecule is Nc1ncnc(-c2cccnc2F)n1. The average Bonchev–Trinajstić information content (AvgIpc) is 2.18. The summed E-state index contributed by atoms with van der Waals surface area (Å²) in [6.07, 6.45) is 2.58. The molecule has 0 amide bonds. The number of nitrogen functional groups attached to an aromatic ring is 1. The Morgan fingerprint density at radius 1 is 1.21 bits per heavy atom. The van der Waals surface area contributed by atoms with E-state index in [1.165, 1.54) is 18.6 Å². The maximum Gasteiger partial charge on any atom is 0.223 e. The molecule has 0 aliphatic heterocycles. The van der Waals surface area contributed by atoms with Crippen molar-refractivity contribution >= 4 is 5.95 Å². The van der Waals surface area contributed by atoms with Gasteiger partial charge in [0.05, 0.1) is 5.56 Å². The standard InChI is InChI=1S/C8H6FN5/c9-6-5(2-1-3-11-6)7-12-4-13-8(10)14-7/h1-4H,(H2,10,12,13,14). The summed E-state index contributed by atoms with van der Waals surface area (Å²) in [7, 11) is 0. The van der Waals surface area contributed by atoms with Crippen LogP contribution < -0.4 is 5.73 Å². The van der Waals surface area contributed by atoms with E-state index in [2.05, 4.69) is 19.9 Å². The molecule has 0 bridgehead atoms. The number of nitrogens with two attached hydrogens (primary N) is 1. The van der Waals surface area contributed by atoms with E-state index in [1.807, 2.05) is 0 Å². The van der Waals surface area contributed by atoms with E-state index < -0.39 is 5.95 Å². The Bertz CT molecular complexity index is 459. The number of pyridine rings is 1. The number of anilines is 1. The topological polar surface area (TPSA) is 77.6 Å². The van der Waals surface area contributed by atoms with Crippen LogP contribution in [0.5, 0.6) is 0 Å². The molecule has 2 aromatic rings. The van der Waals surface area contributed by atoms with Gasteiger partial charge in [-0.2, -0.15) is 9.37 Å². The lowest BCUT2D eigenvalue weighted by atomic mass is 10.2. The van der Waals surface area contributed by atoms with Crippen molar-refractivity contribution in [2.24, 2.45) is 0 Å². The molecular weight excluding hydrogens is 185 g/mol. The monoisotopic (exact) mass is 191 g/mol. The van der Waals surface area contributed by atoms with Crippen molar-refractivity contribution in [1.29, 1.82) is 0 Å². The zero-order valence-electron chi connectivity index (χ0n) is 7.05. The predicted molar refractivity (Wildman–Crippen MR) is 47.4 cm³/mol. The third-order valence-electron chi connectivity index (χ3n) is 1.59. The number of hydrogen-bond donors (Lipinski definition) is 1. The second kappa shape index (κ2) is 3.33. The van der Waals surface area contributed by atoms with Crippen LogP contribution in [0.1, 0.15) is 0 Å². The van der Waals surface area contributed by atoms with Crippen LogP contribution in [-0.2, 0) is 0 Å². The van der Waals surface area contributed by atoms with Gasteiger partial charge in [0.15, 0.2) is 5.82 Å². The summed E-state index contributed by atoms with van der Waals surface area (Å²) in [6.45, 7) is 0. The summed E-state index contributed by atoms with van der Waals surface area (Å²) in [6, 6.07) is 3.12. The lowest BCUT2D eigenvalue weighted by Crippen LogP contribution is -1.99. The van der Waals surface area contributed by atoms with Crippen molar-refractivity contribution in [3.05, 3.63) is 30.6 Å². The largest absolute Gasteiger partial charge is 0.368 e. The Morgan fingerprint density at radius 3 is 2.79 bits per heavy atom. The van der Waals surface area contributed by atoms with Crippen LogP contribution in [0.25, 0.3) is 11.4 Å². The quantitative estimate of drug-likeness (QED) is 0.670. The number of nitrogens with zero attached hydrogens (tertiary/aromatic N) is 4. The van der Waals surface area contributed by atoms with Gasteiger partial charge < -0.3 is 5.73 Å². The summed E-state index contributed by atoms with van der Waals surface area (Å²) in [5.74, 6) is -0.389. The molecule has 14 heavy (non-hydrogen) atoms. The molecule has 0 saturated heterocycles. The van der Waals surface area contributed by atoms with Gasteiger partial charge in [0.2, 0.25) is 11.9 Å². The molecule has 0 unspecified atom stereocenters. The smallest absolute Gasteiger partial charge is 0.223 e. The highest BCUT2D eigenvalue weighted by Crippen LogP contribution is 2.15. The lowest BCUT2D eigenvalue weighted by molar-refractivity contribution is 0.586. The minimum atomic E-state index is -0.627. The molecule has 0 radical (unpaired) electrons. The molecule has 0 spiro atoms. The Morgan fingerprint density at radius 2 is 2.07 bits per heavy atom. The number of hydrogen-bond acceptors (Lipinski definition) is 5. The van der Waals surface area contributed by atoms with Crippen molar-refractivity contribution in [3.63, 3.8) is 0 Å². The molecule has 0 aromatic carbocycles. The molecule has 2 heterocycles. The average molecular weight is 191 g/mol. The van der Waals surface area contributed by atoms with Crippen LogP contribution in [0.15, 0.2) is 24.7 Å². The highest BCUT2D eigenvalue weighted by Gasteiger charge is 2.07. The first-order valence-corrected chi connectivity index (χ1v) is 3.83. The van der Waals surface area contributed by atoms with Crippen molar-refractivity contribution in [2.75, 3.05) is 5.73 Å². The first-order chi connectivity index (χ1) is 6.77. The summed E-state index contributed by atoms with van der Waals surface area (Å²) in [5, 5.41) is 0. The minimum absolute atomic E-state index is 0.0539. The molecule has 0 fully saturated rings. The van der Waals surface area contributed by atoms with Crippen LogP contribution in [0, 0.1) is 5.95 Å². The molecule has 70 valence electrons. The van der Waals surface area contributed by atoms with Gasteiger partial charge in [-0.25, -0.2) is 15.0 Å². The molecular formula is C8H6FN5. The molecule has 5 nitrogen and oxygen atoms in total. The maximum atomic E-state index is 13.2. The van der Waals surface area contributed by atoms with E-state index in [0.717, 1.165) is 0 Å². The zero-order chi connectivity index (χ0) is 9.97. The van der Waals surface area contributed by atoms with Gasteiger partial charge in [0, 0.05) is 6.20 Å². The van der Waals surface area contributed by atoms with Crippen molar-refractivity contribution in [1.82, 2.24) is 19.9 Å². The molecule has 6 heteroatoms. The zero-order valence-corrected chi connectivity index (χ0v) is 7.05. The second-order valence-corrected chi connectivity index (χ2v) is 2.51. The maximum absolute atomic E-state index is 13.2. The summed E-state index contributed by atoms with van der Waals surface area (Å²) < 4.78 is 13.2. The third kappa shape index (κ3) is 1.49. The molecule has 2 rings (SSSR count). The number of halogens is 1. The van der Waals surface area contributed by atoms with Crippen LogP contribution in [-0.4, -0.2) is 19.9 Å². The van der Waals surface area contributed by atoms with Crippen molar-refractivity contribution < 1.29 is 4.39 Å². The Labute approximate surface area is 78.9 Å². The molecule has 0 aliphatic rings. The fourth-order valence-electron chi connectivity index (χ4n) is 0.992. The van der Waals surface area contributed by atoms with Gasteiger partial charge >= 0.3 is 0 Å². The first kappa shape index (κ1) is 8.49. The summed E-state index contributed by atoms with van der Waals surface area (Å²) in [4.78, 5) is 14.7. The Kier molecular flexibility index (Phi) is 2.02. The van der Waals surface area contributed by atoms with E-state index in [4.69, 9.17) is 5.73 Å². The van der Waals surface area contributed by atoms with E-state index >= 15 is 0 Å². The van der Waals surface area contributed by atoms with Gasteiger partial charge in [-0.05, 0) is 12.1 Å². The Hall–Kier alpha value is -2.11. The fraction of sp³-hybridized carbons (Fsp3) is 0. The number of rotatable bonds is 1. The summed E-state index contributed by atoms with van der Waals surface area (Å²) >= 11 is 0. The van der Waals surface area contributed by atoms with E-state index in [1.54, 1.807) is 6.07 Å². The van der Waals surface area contributed by atoms with Crippen LogP contribution in [0.2, 0.25) is 0 Å². The lowest BCUT2D eigenvalue weighted by Gasteiger charge is -1.99. The first-order valence-electron chi connectivity index (χ1n) is 3.83. The van der Waals surface area contributed by atoms with Gasteiger partial charge in [-0.15, -0.1) is 0 Å². The van der Waals surface area contributed by atoms with Crippen LogP contribution >= 0.6 is 0 Å². The molecule has 2 aromatic heterocycles. The highest BCUT2D eigenvalue weighted by atomic mass is 19.1. The molecule has 0 atom stereocenters. The molecule has 0 saturated carbocycles. The summed E-state index contributed by atoms with van der Waals surface area (Å²) in [5.41, 5.74) is 5.55. The predicted octanol–water partition coefficient (Wildman–Crippen LogP) is 0.655. The van der Waals surface area contributed by atoms with Gasteiger partial charge in [-0.3, -0.25) is 0 Å². The molecule has 0 aliphatic carbocycles. The minimum Gasteiger partial charge on any atom is -0.368 e. The van der Waals surface area contributed by atoms with Crippen LogP contribution in [0.3, 0.4) is 0 Å². The van der Waals surface area contributed by atoms with Gasteiger partial charge in [-0.1, -0.05) is 0 Å². The Balaban J connectivity index is 2.55. The van der Waals surface area contributed by atoms with Gasteiger partial charge in [0.1, 0.15) is 6.33 Å². The normalized spacial score (nSPS) is 10.1.